The van der Waals surface area contributed by atoms with Crippen LogP contribution in [0.2, 0.25) is 0 Å². The molecule has 1 atom stereocenters. The van der Waals surface area contributed by atoms with Crippen molar-refractivity contribution in [3.8, 4) is 0 Å². The molecule has 5 nitrogen and oxygen atoms in total. The first-order valence-electron chi connectivity index (χ1n) is 11.5. The molecule has 2 aliphatic rings. The van der Waals surface area contributed by atoms with Gasteiger partial charge in [-0.1, -0.05) is 30.4 Å². The predicted molar refractivity (Wildman–Crippen MR) is 128 cm³/mol. The summed E-state index contributed by atoms with van der Waals surface area (Å²) in [5, 5.41) is 0. The second-order valence-electron chi connectivity index (χ2n) is 9.30. The number of piperazine rings is 1. The number of hydrogen-bond donors (Lipinski definition) is 0. The molecule has 0 amide bonds. The minimum absolute atomic E-state index is 0.0294. The standard InChI is InChI=1S/C26H36FN3O2/c1-5-6-11-23(28-4)24(31)26(13-19-32-25(2,3)20-26)30-17-15-29(16-18-30)14-12-21-9-7-8-10-22(21)27/h5-11H,4,12-20H2,1-3H3/b6-5-,23-11-. The number of carbonyl (C=O) groups excluding carboxylic acids is 1. The van der Waals surface area contributed by atoms with Crippen LogP contribution in [0.1, 0.15) is 39.2 Å². The Labute approximate surface area is 191 Å². The largest absolute Gasteiger partial charge is 0.375 e. The summed E-state index contributed by atoms with van der Waals surface area (Å²) in [6, 6.07) is 6.97. The topological polar surface area (TPSA) is 45.1 Å². The van der Waals surface area contributed by atoms with Crippen molar-refractivity contribution in [2.24, 2.45) is 4.99 Å². The second-order valence-corrected chi connectivity index (χ2v) is 9.30. The summed E-state index contributed by atoms with van der Waals surface area (Å²) in [6.07, 6.45) is 7.43. The Morgan fingerprint density at radius 2 is 1.97 bits per heavy atom. The molecular weight excluding hydrogens is 405 g/mol. The summed E-state index contributed by atoms with van der Waals surface area (Å²) in [4.78, 5) is 22.5. The van der Waals surface area contributed by atoms with Gasteiger partial charge in [-0.25, -0.2) is 4.39 Å². The molecule has 2 heterocycles. The van der Waals surface area contributed by atoms with E-state index in [0.29, 0.717) is 31.6 Å². The third kappa shape index (κ3) is 5.61. The van der Waals surface area contributed by atoms with Gasteiger partial charge in [0.15, 0.2) is 0 Å². The van der Waals surface area contributed by atoms with Crippen molar-refractivity contribution in [2.75, 3.05) is 39.3 Å². The maximum Gasteiger partial charge on any atom is 0.201 e. The van der Waals surface area contributed by atoms with E-state index in [1.165, 1.54) is 6.07 Å². The zero-order valence-corrected chi connectivity index (χ0v) is 19.6. The van der Waals surface area contributed by atoms with Crippen molar-refractivity contribution in [3.05, 3.63) is 59.6 Å². The third-order valence-electron chi connectivity index (χ3n) is 6.63. The summed E-state index contributed by atoms with van der Waals surface area (Å²) in [5.41, 5.74) is 0.128. The van der Waals surface area contributed by atoms with Crippen LogP contribution in [0.4, 0.5) is 4.39 Å². The van der Waals surface area contributed by atoms with Crippen molar-refractivity contribution < 1.29 is 13.9 Å². The van der Waals surface area contributed by atoms with Crippen LogP contribution in [0.25, 0.3) is 0 Å². The number of ether oxygens (including phenoxy) is 1. The Kier molecular flexibility index (Phi) is 8.15. The van der Waals surface area contributed by atoms with Gasteiger partial charge in [-0.3, -0.25) is 14.7 Å². The number of nitrogens with zero attached hydrogens (tertiary/aromatic N) is 3. The van der Waals surface area contributed by atoms with Gasteiger partial charge in [0.2, 0.25) is 5.78 Å². The van der Waals surface area contributed by atoms with Gasteiger partial charge in [-0.15, -0.1) is 0 Å². The van der Waals surface area contributed by atoms with Crippen LogP contribution in [-0.4, -0.2) is 72.8 Å². The molecule has 2 fully saturated rings. The maximum absolute atomic E-state index is 14.0. The van der Waals surface area contributed by atoms with Gasteiger partial charge in [-0.05, 0) is 58.0 Å². The molecule has 174 valence electrons. The summed E-state index contributed by atoms with van der Waals surface area (Å²) in [6.45, 7) is 14.3. The fourth-order valence-electron chi connectivity index (χ4n) is 4.95. The molecule has 32 heavy (non-hydrogen) atoms. The van der Waals surface area contributed by atoms with E-state index in [2.05, 4.69) is 35.4 Å². The Morgan fingerprint density at radius 1 is 1.25 bits per heavy atom. The highest BCUT2D eigenvalue weighted by Crippen LogP contribution is 2.39. The highest BCUT2D eigenvalue weighted by Gasteiger charge is 2.51. The smallest absolute Gasteiger partial charge is 0.201 e. The number of Topliss-reactive ketones (excluding diaryl/α,β-unsaturated/α-hetero) is 1. The molecule has 0 radical (unpaired) electrons. The average Bonchev–Trinajstić information content (AvgIpc) is 2.78. The zero-order valence-electron chi connectivity index (χ0n) is 19.6. The van der Waals surface area contributed by atoms with E-state index in [4.69, 9.17) is 4.74 Å². The Bertz CT molecular complexity index is 872. The van der Waals surface area contributed by atoms with Gasteiger partial charge in [0, 0.05) is 45.8 Å². The minimum Gasteiger partial charge on any atom is -0.375 e. The van der Waals surface area contributed by atoms with E-state index in [1.807, 2.05) is 31.2 Å². The zero-order chi connectivity index (χ0) is 23.2. The molecule has 1 aromatic carbocycles. The van der Waals surface area contributed by atoms with Gasteiger partial charge in [-0.2, -0.15) is 0 Å². The predicted octanol–water partition coefficient (Wildman–Crippen LogP) is 4.04. The van der Waals surface area contributed by atoms with E-state index in [1.54, 1.807) is 12.1 Å². The molecule has 2 aliphatic heterocycles. The number of rotatable bonds is 8. The van der Waals surface area contributed by atoms with Crippen LogP contribution in [0.5, 0.6) is 0 Å². The van der Waals surface area contributed by atoms with Crippen molar-refractivity contribution >= 4 is 12.5 Å². The molecule has 0 N–H and O–H groups in total. The van der Waals surface area contributed by atoms with E-state index >= 15 is 0 Å². The summed E-state index contributed by atoms with van der Waals surface area (Å²) >= 11 is 0. The quantitative estimate of drug-likeness (QED) is 0.347. The Hall–Kier alpha value is -2.15. The highest BCUT2D eigenvalue weighted by atomic mass is 19.1. The van der Waals surface area contributed by atoms with Crippen molar-refractivity contribution in [3.63, 3.8) is 0 Å². The number of allylic oxidation sites excluding steroid dienone is 3. The second kappa shape index (κ2) is 10.6. The Balaban J connectivity index is 1.73. The van der Waals surface area contributed by atoms with Crippen LogP contribution in [-0.2, 0) is 16.0 Å². The van der Waals surface area contributed by atoms with E-state index in [9.17, 15) is 9.18 Å². The van der Waals surface area contributed by atoms with E-state index < -0.39 is 5.54 Å². The molecule has 1 aromatic rings. The summed E-state index contributed by atoms with van der Waals surface area (Å²) < 4.78 is 19.9. The fraction of sp³-hybridized carbons (Fsp3) is 0.538. The lowest BCUT2D eigenvalue weighted by Crippen LogP contribution is -2.65. The average molecular weight is 442 g/mol. The van der Waals surface area contributed by atoms with Crippen LogP contribution >= 0.6 is 0 Å². The van der Waals surface area contributed by atoms with Gasteiger partial charge < -0.3 is 9.64 Å². The molecule has 2 saturated heterocycles. The van der Waals surface area contributed by atoms with E-state index in [-0.39, 0.29) is 17.2 Å². The van der Waals surface area contributed by atoms with Gasteiger partial charge in [0.05, 0.1) is 11.1 Å². The highest BCUT2D eigenvalue weighted by molar-refractivity contribution is 6.03. The Morgan fingerprint density at radius 3 is 2.59 bits per heavy atom. The van der Waals surface area contributed by atoms with Crippen LogP contribution in [0, 0.1) is 5.82 Å². The molecule has 0 saturated carbocycles. The normalized spacial score (nSPS) is 25.2. The molecule has 0 aliphatic carbocycles. The lowest BCUT2D eigenvalue weighted by Gasteiger charge is -2.52. The molecule has 0 bridgehead atoms. The molecule has 6 heteroatoms. The van der Waals surface area contributed by atoms with Crippen molar-refractivity contribution in [2.45, 2.75) is 51.2 Å². The summed E-state index contributed by atoms with van der Waals surface area (Å²) in [5.74, 6) is -0.112. The molecule has 1 unspecified atom stereocenters. The number of ketones is 1. The van der Waals surface area contributed by atoms with Gasteiger partial charge >= 0.3 is 0 Å². The first-order valence-corrected chi connectivity index (χ1v) is 11.5. The number of carbonyl (C=O) groups is 1. The third-order valence-corrected chi connectivity index (χ3v) is 6.63. The number of aliphatic imine (C=N–C) groups is 1. The van der Waals surface area contributed by atoms with Gasteiger partial charge in [0.1, 0.15) is 11.5 Å². The lowest BCUT2D eigenvalue weighted by atomic mass is 9.75. The fourth-order valence-corrected chi connectivity index (χ4v) is 4.95. The van der Waals surface area contributed by atoms with Gasteiger partial charge in [0.25, 0.3) is 0 Å². The number of hydrogen-bond acceptors (Lipinski definition) is 5. The molecule has 0 aromatic heterocycles. The molecular formula is C26H36FN3O2. The first kappa shape index (κ1) is 24.5. The number of halogens is 1. The van der Waals surface area contributed by atoms with Crippen LogP contribution in [0.3, 0.4) is 0 Å². The molecule has 0 spiro atoms. The number of benzene rings is 1. The van der Waals surface area contributed by atoms with E-state index in [0.717, 1.165) is 38.3 Å². The maximum atomic E-state index is 14.0. The lowest BCUT2D eigenvalue weighted by molar-refractivity contribution is -0.154. The summed E-state index contributed by atoms with van der Waals surface area (Å²) in [7, 11) is 0. The monoisotopic (exact) mass is 441 g/mol. The SMILES string of the molecule is C=N/C(=C\C=C/C)C(=O)C1(N2CCN(CCc3ccccc3F)CC2)CCOC(C)(C)C1. The minimum atomic E-state index is -0.645. The van der Waals surface area contributed by atoms with Crippen molar-refractivity contribution in [1.82, 2.24) is 9.80 Å². The first-order chi connectivity index (χ1) is 15.3. The van der Waals surface area contributed by atoms with Crippen LogP contribution in [0.15, 0.2) is 53.2 Å². The van der Waals surface area contributed by atoms with Crippen LogP contribution < -0.4 is 0 Å². The molecule has 3 rings (SSSR count). The van der Waals surface area contributed by atoms with Crippen molar-refractivity contribution in [1.29, 1.82) is 0 Å².